The Bertz CT molecular complexity index is 814. The molecule has 0 unspecified atom stereocenters. The van der Waals surface area contributed by atoms with Crippen molar-refractivity contribution in [3.63, 3.8) is 0 Å². The molecule has 0 saturated carbocycles. The van der Waals surface area contributed by atoms with Crippen LogP contribution in [0, 0.1) is 0 Å². The van der Waals surface area contributed by atoms with E-state index >= 15 is 0 Å². The van der Waals surface area contributed by atoms with Crippen LogP contribution in [-0.4, -0.2) is 24.1 Å². The van der Waals surface area contributed by atoms with E-state index in [4.69, 9.17) is 9.47 Å². The predicted molar refractivity (Wildman–Crippen MR) is 102 cm³/mol. The normalized spacial score (nSPS) is 13.5. The van der Waals surface area contributed by atoms with Gasteiger partial charge in [0.2, 0.25) is 5.41 Å². The van der Waals surface area contributed by atoms with Crippen molar-refractivity contribution in [3.8, 4) is 11.5 Å². The minimum absolute atomic E-state index is 0.171. The van der Waals surface area contributed by atoms with Crippen LogP contribution >= 0.6 is 0 Å². The van der Waals surface area contributed by atoms with Crippen molar-refractivity contribution in [3.05, 3.63) is 59.7 Å². The molecule has 0 fully saturated rings. The van der Waals surface area contributed by atoms with Gasteiger partial charge in [-0.2, -0.15) is 26.3 Å². The zero-order chi connectivity index (χ0) is 23.0. The zero-order valence-electron chi connectivity index (χ0n) is 17.3. The first-order valence-electron chi connectivity index (χ1n) is 9.28. The lowest BCUT2D eigenvalue weighted by Crippen LogP contribution is -2.54. The van der Waals surface area contributed by atoms with Gasteiger partial charge in [0.1, 0.15) is 17.1 Å². The second-order valence-electron chi connectivity index (χ2n) is 8.18. The van der Waals surface area contributed by atoms with Gasteiger partial charge < -0.3 is 9.47 Å². The number of hydrogen-bond acceptors (Lipinski definition) is 2. The van der Waals surface area contributed by atoms with Crippen LogP contribution in [0.3, 0.4) is 0 Å². The first kappa shape index (κ1) is 23.9. The number of halogens is 6. The summed E-state index contributed by atoms with van der Waals surface area (Å²) in [7, 11) is 0. The van der Waals surface area contributed by atoms with Crippen LogP contribution in [0.5, 0.6) is 11.5 Å². The maximum atomic E-state index is 14.1. The smallest absolute Gasteiger partial charge is 0.411 e. The third-order valence-electron chi connectivity index (χ3n) is 4.22. The highest BCUT2D eigenvalue weighted by Crippen LogP contribution is 2.56. The van der Waals surface area contributed by atoms with E-state index in [2.05, 4.69) is 0 Å². The van der Waals surface area contributed by atoms with Crippen LogP contribution in [0.15, 0.2) is 48.5 Å². The molecule has 0 amide bonds. The van der Waals surface area contributed by atoms with Crippen molar-refractivity contribution in [2.45, 2.75) is 64.1 Å². The summed E-state index contributed by atoms with van der Waals surface area (Å²) in [6, 6.07) is 7.67. The van der Waals surface area contributed by atoms with E-state index in [0.717, 1.165) is 48.5 Å². The van der Waals surface area contributed by atoms with Gasteiger partial charge >= 0.3 is 12.4 Å². The molecular weight excluding hydrogens is 410 g/mol. The average Bonchev–Trinajstić information content (AvgIpc) is 2.54. The minimum Gasteiger partial charge on any atom is -0.491 e. The Morgan fingerprint density at radius 3 is 1.30 bits per heavy atom. The molecular formula is C22H24F6O2. The molecule has 2 rings (SSSR count). The number of rotatable bonds is 5. The molecule has 0 radical (unpaired) electrons. The number of ether oxygens (including phenoxy) is 2. The van der Waals surface area contributed by atoms with E-state index in [1.54, 1.807) is 34.6 Å². The molecule has 0 aliphatic rings. The second kappa shape index (κ2) is 8.04. The molecule has 30 heavy (non-hydrogen) atoms. The van der Waals surface area contributed by atoms with E-state index in [-0.39, 0.29) is 17.6 Å². The largest absolute Gasteiger partial charge is 0.491 e. The molecule has 0 saturated heterocycles. The van der Waals surface area contributed by atoms with Crippen LogP contribution in [0.1, 0.15) is 45.7 Å². The molecule has 2 aromatic rings. The van der Waals surface area contributed by atoms with Gasteiger partial charge in [-0.15, -0.1) is 0 Å². The zero-order valence-corrected chi connectivity index (χ0v) is 17.3. The van der Waals surface area contributed by atoms with Crippen molar-refractivity contribution in [2.75, 3.05) is 0 Å². The first-order chi connectivity index (χ1) is 13.6. The summed E-state index contributed by atoms with van der Waals surface area (Å²) in [5.41, 5.74) is -6.74. The predicted octanol–water partition coefficient (Wildman–Crippen LogP) is 7.06. The molecule has 8 heteroatoms. The van der Waals surface area contributed by atoms with Crippen molar-refractivity contribution < 1.29 is 35.8 Å². The fraction of sp³-hybridized carbons (Fsp3) is 0.455. The highest BCUT2D eigenvalue weighted by Gasteiger charge is 2.72. The Morgan fingerprint density at radius 1 is 0.633 bits per heavy atom. The molecule has 0 N–H and O–H groups in total. The number of hydrogen-bond donors (Lipinski definition) is 0. The van der Waals surface area contributed by atoms with Crippen molar-refractivity contribution in [2.24, 2.45) is 0 Å². The third kappa shape index (κ3) is 4.84. The van der Waals surface area contributed by atoms with Gasteiger partial charge in [-0.1, -0.05) is 24.3 Å². The fourth-order valence-electron chi connectivity index (χ4n) is 3.16. The van der Waals surface area contributed by atoms with Crippen molar-refractivity contribution in [1.29, 1.82) is 0 Å². The molecule has 0 spiro atoms. The van der Waals surface area contributed by atoms with Crippen molar-refractivity contribution >= 4 is 0 Å². The van der Waals surface area contributed by atoms with Gasteiger partial charge in [0.05, 0.1) is 6.10 Å². The van der Waals surface area contributed by atoms with Gasteiger partial charge in [0.15, 0.2) is 0 Å². The fourth-order valence-corrected chi connectivity index (χ4v) is 3.16. The molecule has 0 atom stereocenters. The van der Waals surface area contributed by atoms with Gasteiger partial charge in [-0.25, -0.2) is 0 Å². The van der Waals surface area contributed by atoms with E-state index in [9.17, 15) is 26.3 Å². The van der Waals surface area contributed by atoms with Crippen LogP contribution in [0.4, 0.5) is 26.3 Å². The summed E-state index contributed by atoms with van der Waals surface area (Å²) in [4.78, 5) is 0. The van der Waals surface area contributed by atoms with Gasteiger partial charge in [-0.3, -0.25) is 0 Å². The average molecular weight is 434 g/mol. The Hall–Kier alpha value is -2.38. The van der Waals surface area contributed by atoms with Crippen molar-refractivity contribution in [1.82, 2.24) is 0 Å². The minimum atomic E-state index is -5.64. The molecule has 2 nitrogen and oxygen atoms in total. The lowest BCUT2D eigenvalue weighted by atomic mass is 9.73. The molecule has 0 aromatic heterocycles. The first-order valence-corrected chi connectivity index (χ1v) is 9.28. The molecule has 166 valence electrons. The summed E-state index contributed by atoms with van der Waals surface area (Å²) >= 11 is 0. The Morgan fingerprint density at radius 2 is 1.00 bits per heavy atom. The second-order valence-corrected chi connectivity index (χ2v) is 8.18. The lowest BCUT2D eigenvalue weighted by Gasteiger charge is -2.38. The van der Waals surface area contributed by atoms with Crippen LogP contribution in [-0.2, 0) is 5.41 Å². The Labute approximate surface area is 171 Å². The van der Waals surface area contributed by atoms with Crippen LogP contribution < -0.4 is 9.47 Å². The van der Waals surface area contributed by atoms with Crippen LogP contribution in [0.2, 0.25) is 0 Å². The summed E-state index contributed by atoms with van der Waals surface area (Å²) in [6.07, 6.45) is -11.6. The summed E-state index contributed by atoms with van der Waals surface area (Å²) in [6.45, 7) is 8.56. The molecule has 0 bridgehead atoms. The maximum Gasteiger partial charge on any atom is 0.411 e. The quantitative estimate of drug-likeness (QED) is 0.469. The van der Waals surface area contributed by atoms with E-state index in [1.165, 1.54) is 0 Å². The molecule has 0 aliphatic carbocycles. The van der Waals surface area contributed by atoms with E-state index in [0.29, 0.717) is 0 Å². The topological polar surface area (TPSA) is 18.5 Å². The van der Waals surface area contributed by atoms with E-state index in [1.807, 2.05) is 0 Å². The monoisotopic (exact) mass is 434 g/mol. The SMILES string of the molecule is CC(C)Oc1ccc(C(c2ccc(OC(C)(C)C)cc2)(C(F)(F)F)C(F)(F)F)cc1. The standard InChI is InChI=1S/C22H24F6O2/c1-14(2)29-17-10-6-15(7-11-17)20(21(23,24)25,22(26,27)28)16-8-12-18(13-9-16)30-19(3,4)5/h6-14H,1-5H3. The summed E-state index contributed by atoms with van der Waals surface area (Å²) in [5.74, 6) is 0.353. The maximum absolute atomic E-state index is 14.1. The highest BCUT2D eigenvalue weighted by molar-refractivity contribution is 5.47. The van der Waals surface area contributed by atoms with Crippen LogP contribution in [0.25, 0.3) is 0 Å². The van der Waals surface area contributed by atoms with Gasteiger partial charge in [0, 0.05) is 0 Å². The molecule has 0 heterocycles. The number of alkyl halides is 6. The Balaban J connectivity index is 2.66. The molecule has 0 aliphatic heterocycles. The Kier molecular flexibility index (Phi) is 6.40. The molecule has 2 aromatic carbocycles. The summed E-state index contributed by atoms with van der Waals surface area (Å²) < 4.78 is 95.7. The highest BCUT2D eigenvalue weighted by atomic mass is 19.4. The summed E-state index contributed by atoms with van der Waals surface area (Å²) in [5, 5.41) is 0. The number of benzene rings is 2. The third-order valence-corrected chi connectivity index (χ3v) is 4.22. The van der Waals surface area contributed by atoms with E-state index < -0.39 is 34.5 Å². The van der Waals surface area contributed by atoms with Gasteiger partial charge in [-0.05, 0) is 70.0 Å². The van der Waals surface area contributed by atoms with Gasteiger partial charge in [0.25, 0.3) is 0 Å². The lowest BCUT2D eigenvalue weighted by molar-refractivity contribution is -0.288.